The van der Waals surface area contributed by atoms with Gasteiger partial charge in [0.2, 0.25) is 0 Å². The Balaban J connectivity index is 2.19. The minimum absolute atomic E-state index is 0.218. The van der Waals surface area contributed by atoms with E-state index < -0.39 is 11.8 Å². The van der Waals surface area contributed by atoms with E-state index >= 15 is 0 Å². The number of rotatable bonds is 7. The number of carbonyl (C=O) groups is 2. The summed E-state index contributed by atoms with van der Waals surface area (Å²) in [6, 6.07) is 3.46. The Hall–Kier alpha value is -1.82. The van der Waals surface area contributed by atoms with Gasteiger partial charge in [0.15, 0.2) is 0 Å². The summed E-state index contributed by atoms with van der Waals surface area (Å²) in [5, 5.41) is 5.08. The van der Waals surface area contributed by atoms with E-state index in [0.717, 1.165) is 19.6 Å². The predicted molar refractivity (Wildman–Crippen MR) is 71.4 cm³/mol. The Morgan fingerprint density at radius 2 is 1.89 bits per heavy atom. The molecular formula is C13H21N3O3. The summed E-state index contributed by atoms with van der Waals surface area (Å²) in [6.45, 7) is 7.39. The molecule has 1 heterocycles. The smallest absolute Gasteiger partial charge is 0.309 e. The van der Waals surface area contributed by atoms with Crippen molar-refractivity contribution in [3.63, 3.8) is 0 Å². The van der Waals surface area contributed by atoms with E-state index in [2.05, 4.69) is 29.4 Å². The van der Waals surface area contributed by atoms with Gasteiger partial charge in [-0.15, -0.1) is 0 Å². The van der Waals surface area contributed by atoms with Gasteiger partial charge < -0.3 is 20.0 Å². The number of likely N-dealkylation sites (N-methyl/N-ethyl adjacent to an activating group) is 1. The molecule has 0 aliphatic heterocycles. The molecule has 1 aromatic rings. The highest BCUT2D eigenvalue weighted by molar-refractivity contribution is 6.35. The highest BCUT2D eigenvalue weighted by Gasteiger charge is 2.13. The summed E-state index contributed by atoms with van der Waals surface area (Å²) in [5.41, 5.74) is 0. The van der Waals surface area contributed by atoms with Crippen LogP contribution in [-0.2, 0) is 16.1 Å². The maximum absolute atomic E-state index is 11.5. The third-order valence-corrected chi connectivity index (χ3v) is 2.82. The van der Waals surface area contributed by atoms with Gasteiger partial charge in [-0.05, 0) is 25.2 Å². The number of nitrogens with one attached hydrogen (secondary N) is 2. The molecule has 0 bridgehead atoms. The fourth-order valence-electron chi connectivity index (χ4n) is 1.61. The summed E-state index contributed by atoms with van der Waals surface area (Å²) < 4.78 is 5.05. The molecule has 0 spiro atoms. The van der Waals surface area contributed by atoms with Crippen LogP contribution in [0.2, 0.25) is 0 Å². The van der Waals surface area contributed by atoms with Crippen LogP contribution in [0.3, 0.4) is 0 Å². The minimum atomic E-state index is -0.643. The molecule has 0 aromatic carbocycles. The van der Waals surface area contributed by atoms with Crippen LogP contribution in [0.1, 0.15) is 19.6 Å². The van der Waals surface area contributed by atoms with Gasteiger partial charge in [0.05, 0.1) is 12.8 Å². The lowest BCUT2D eigenvalue weighted by Crippen LogP contribution is -2.42. The zero-order valence-electron chi connectivity index (χ0n) is 11.4. The van der Waals surface area contributed by atoms with E-state index in [-0.39, 0.29) is 6.54 Å². The number of carbonyl (C=O) groups excluding carboxylic acids is 2. The molecule has 0 saturated carbocycles. The lowest BCUT2D eigenvalue weighted by Gasteiger charge is -2.17. The van der Waals surface area contributed by atoms with Crippen molar-refractivity contribution < 1.29 is 14.0 Å². The molecule has 19 heavy (non-hydrogen) atoms. The summed E-state index contributed by atoms with van der Waals surface area (Å²) >= 11 is 0. The van der Waals surface area contributed by atoms with Gasteiger partial charge in [-0.1, -0.05) is 13.8 Å². The number of hydrogen-bond acceptors (Lipinski definition) is 4. The first-order valence-electron chi connectivity index (χ1n) is 6.48. The van der Waals surface area contributed by atoms with Crippen LogP contribution in [0.15, 0.2) is 22.8 Å². The van der Waals surface area contributed by atoms with E-state index in [1.54, 1.807) is 12.1 Å². The molecule has 0 atom stereocenters. The first kappa shape index (κ1) is 15.2. The lowest BCUT2D eigenvalue weighted by molar-refractivity contribution is -0.139. The quantitative estimate of drug-likeness (QED) is 0.699. The zero-order valence-corrected chi connectivity index (χ0v) is 11.4. The maximum atomic E-state index is 11.5. The molecule has 0 aliphatic rings. The summed E-state index contributed by atoms with van der Waals surface area (Å²) in [4.78, 5) is 25.1. The molecule has 6 nitrogen and oxygen atoms in total. The molecule has 2 N–H and O–H groups in total. The third kappa shape index (κ3) is 5.56. The maximum Gasteiger partial charge on any atom is 0.309 e. The monoisotopic (exact) mass is 267 g/mol. The Bertz CT molecular complexity index is 386. The molecule has 6 heteroatoms. The number of furan rings is 1. The van der Waals surface area contributed by atoms with E-state index in [9.17, 15) is 9.59 Å². The van der Waals surface area contributed by atoms with Crippen molar-refractivity contribution in [3.8, 4) is 0 Å². The molecule has 1 aromatic heterocycles. The molecule has 0 fully saturated rings. The van der Waals surface area contributed by atoms with Crippen LogP contribution in [0.4, 0.5) is 0 Å². The van der Waals surface area contributed by atoms with Gasteiger partial charge in [-0.3, -0.25) is 9.59 Å². The van der Waals surface area contributed by atoms with Gasteiger partial charge in [-0.25, -0.2) is 0 Å². The molecule has 2 amide bonds. The third-order valence-electron chi connectivity index (χ3n) is 2.82. The predicted octanol–water partition coefficient (Wildman–Crippen LogP) is 0.354. The van der Waals surface area contributed by atoms with E-state index in [1.165, 1.54) is 6.26 Å². The zero-order chi connectivity index (χ0) is 14.1. The minimum Gasteiger partial charge on any atom is -0.467 e. The van der Waals surface area contributed by atoms with Crippen LogP contribution < -0.4 is 10.6 Å². The Labute approximate surface area is 113 Å². The number of hydrogen-bond donors (Lipinski definition) is 2. The summed E-state index contributed by atoms with van der Waals surface area (Å²) in [6.07, 6.45) is 1.52. The van der Waals surface area contributed by atoms with Crippen LogP contribution >= 0.6 is 0 Å². The normalized spacial score (nSPS) is 10.5. The molecule has 0 radical (unpaired) electrons. The Morgan fingerprint density at radius 1 is 1.21 bits per heavy atom. The fourth-order valence-corrected chi connectivity index (χ4v) is 1.61. The second-order valence-corrected chi connectivity index (χ2v) is 4.04. The molecule has 0 unspecified atom stereocenters. The second kappa shape index (κ2) is 8.31. The lowest BCUT2D eigenvalue weighted by atomic mass is 10.4. The van der Waals surface area contributed by atoms with Gasteiger partial charge in [0.25, 0.3) is 0 Å². The average molecular weight is 267 g/mol. The molecule has 0 aliphatic carbocycles. The molecule has 0 saturated heterocycles. The highest BCUT2D eigenvalue weighted by Crippen LogP contribution is 1.98. The fraction of sp³-hybridized carbons (Fsp3) is 0.538. The molecule has 106 valence electrons. The SMILES string of the molecule is CCN(CC)CCNC(=O)C(=O)NCc1ccco1. The highest BCUT2D eigenvalue weighted by atomic mass is 16.3. The topological polar surface area (TPSA) is 74.6 Å². The molecule has 1 rings (SSSR count). The Morgan fingerprint density at radius 3 is 2.47 bits per heavy atom. The van der Waals surface area contributed by atoms with Gasteiger partial charge in [-0.2, -0.15) is 0 Å². The van der Waals surface area contributed by atoms with Gasteiger partial charge in [0, 0.05) is 13.1 Å². The van der Waals surface area contributed by atoms with Crippen molar-refractivity contribution in [3.05, 3.63) is 24.2 Å². The second-order valence-electron chi connectivity index (χ2n) is 4.04. The van der Waals surface area contributed by atoms with Crippen molar-refractivity contribution in [2.24, 2.45) is 0 Å². The van der Waals surface area contributed by atoms with E-state index in [4.69, 9.17) is 4.42 Å². The summed E-state index contributed by atoms with van der Waals surface area (Å²) in [5.74, 6) is -0.640. The Kier molecular flexibility index (Phi) is 6.67. The standard InChI is InChI=1S/C13H21N3O3/c1-3-16(4-2)8-7-14-12(17)13(18)15-10-11-6-5-9-19-11/h5-6,9H,3-4,7-8,10H2,1-2H3,(H,14,17)(H,15,18). The van der Waals surface area contributed by atoms with Crippen molar-refractivity contribution in [2.45, 2.75) is 20.4 Å². The number of nitrogens with zero attached hydrogens (tertiary/aromatic N) is 1. The van der Waals surface area contributed by atoms with E-state index in [0.29, 0.717) is 12.3 Å². The van der Waals surface area contributed by atoms with Crippen molar-refractivity contribution >= 4 is 11.8 Å². The van der Waals surface area contributed by atoms with Crippen LogP contribution in [0.5, 0.6) is 0 Å². The van der Waals surface area contributed by atoms with E-state index in [1.807, 2.05) is 0 Å². The largest absolute Gasteiger partial charge is 0.467 e. The van der Waals surface area contributed by atoms with Gasteiger partial charge >= 0.3 is 11.8 Å². The van der Waals surface area contributed by atoms with Crippen LogP contribution in [-0.4, -0.2) is 42.9 Å². The average Bonchev–Trinajstić information content (AvgIpc) is 2.94. The molecular weight excluding hydrogens is 246 g/mol. The van der Waals surface area contributed by atoms with Crippen LogP contribution in [0.25, 0.3) is 0 Å². The van der Waals surface area contributed by atoms with Crippen LogP contribution in [0, 0.1) is 0 Å². The summed E-state index contributed by atoms with van der Waals surface area (Å²) in [7, 11) is 0. The van der Waals surface area contributed by atoms with Crippen molar-refractivity contribution in [1.82, 2.24) is 15.5 Å². The van der Waals surface area contributed by atoms with Crippen molar-refractivity contribution in [1.29, 1.82) is 0 Å². The number of amides is 2. The first-order valence-corrected chi connectivity index (χ1v) is 6.48. The van der Waals surface area contributed by atoms with Crippen molar-refractivity contribution in [2.75, 3.05) is 26.2 Å². The van der Waals surface area contributed by atoms with Gasteiger partial charge in [0.1, 0.15) is 5.76 Å². The first-order chi connectivity index (χ1) is 9.17.